The van der Waals surface area contributed by atoms with Gasteiger partial charge in [-0.2, -0.15) is 5.10 Å². The van der Waals surface area contributed by atoms with Crippen LogP contribution < -0.4 is 5.32 Å². The Labute approximate surface area is 154 Å². The Bertz CT molecular complexity index is 736. The minimum absolute atomic E-state index is 0.0168. The lowest BCUT2D eigenvalue weighted by Gasteiger charge is -2.36. The van der Waals surface area contributed by atoms with Gasteiger partial charge in [0, 0.05) is 36.3 Å². The number of rotatable bonds is 4. The Morgan fingerprint density at radius 3 is 2.69 bits per heavy atom. The van der Waals surface area contributed by atoms with Gasteiger partial charge in [0.25, 0.3) is 5.91 Å². The zero-order chi connectivity index (χ0) is 18.7. The number of carbonyl (C=O) groups excluding carboxylic acids is 1. The third kappa shape index (κ3) is 4.51. The van der Waals surface area contributed by atoms with Crippen LogP contribution in [0.1, 0.15) is 48.9 Å². The van der Waals surface area contributed by atoms with Crippen molar-refractivity contribution >= 4 is 5.91 Å². The fourth-order valence-corrected chi connectivity index (χ4v) is 3.22. The fraction of sp³-hybridized carbons (Fsp3) is 0.500. The molecule has 1 fully saturated rings. The standard InChI is InChI=1S/C20H28N4O2/c1-20(2,3)18-11-15(22-23-18)12-24-10-9-16(17(25)13-24)21-19(26)14-7-5-4-6-8-14/h4-8,11,16-17,25H,9-10,12-13H2,1-3H3,(H,21,26)(H,22,23)/t16-,17-/m0/s1. The van der Waals surface area contributed by atoms with E-state index in [4.69, 9.17) is 0 Å². The van der Waals surface area contributed by atoms with Gasteiger partial charge >= 0.3 is 0 Å². The van der Waals surface area contributed by atoms with Crippen molar-refractivity contribution < 1.29 is 9.90 Å². The summed E-state index contributed by atoms with van der Waals surface area (Å²) in [4.78, 5) is 14.5. The molecule has 1 saturated heterocycles. The van der Waals surface area contributed by atoms with Gasteiger partial charge in [-0.1, -0.05) is 39.0 Å². The number of nitrogens with zero attached hydrogens (tertiary/aromatic N) is 2. The normalized spacial score (nSPS) is 21.5. The zero-order valence-electron chi connectivity index (χ0n) is 15.7. The van der Waals surface area contributed by atoms with E-state index in [1.807, 2.05) is 18.2 Å². The summed E-state index contributed by atoms with van der Waals surface area (Å²) in [6.07, 6.45) is 0.140. The SMILES string of the molecule is CC(C)(C)c1cc(CN2CC[C@H](NC(=O)c3ccccc3)[C@@H](O)C2)[nH]n1. The molecular weight excluding hydrogens is 328 g/mol. The molecule has 0 saturated carbocycles. The lowest BCUT2D eigenvalue weighted by Crippen LogP contribution is -2.53. The number of H-pyrrole nitrogens is 1. The molecule has 0 bridgehead atoms. The molecule has 1 amide bonds. The van der Waals surface area contributed by atoms with Crippen LogP contribution in [-0.2, 0) is 12.0 Å². The van der Waals surface area contributed by atoms with Crippen LogP contribution in [0.2, 0.25) is 0 Å². The predicted octanol–water partition coefficient (Wildman–Crippen LogP) is 2.07. The second-order valence-electron chi connectivity index (χ2n) is 8.07. The average Bonchev–Trinajstić information content (AvgIpc) is 3.07. The van der Waals surface area contributed by atoms with Gasteiger partial charge in [0.2, 0.25) is 0 Å². The zero-order valence-corrected chi connectivity index (χ0v) is 15.7. The summed E-state index contributed by atoms with van der Waals surface area (Å²) in [6, 6.07) is 11.0. The smallest absolute Gasteiger partial charge is 0.251 e. The second-order valence-corrected chi connectivity index (χ2v) is 8.07. The van der Waals surface area contributed by atoms with E-state index >= 15 is 0 Å². The third-order valence-electron chi connectivity index (χ3n) is 4.81. The predicted molar refractivity (Wildman–Crippen MR) is 101 cm³/mol. The largest absolute Gasteiger partial charge is 0.390 e. The van der Waals surface area contributed by atoms with Crippen molar-refractivity contribution in [2.45, 2.75) is 51.3 Å². The van der Waals surface area contributed by atoms with Gasteiger partial charge in [0.05, 0.1) is 17.8 Å². The first-order chi connectivity index (χ1) is 12.3. The van der Waals surface area contributed by atoms with Gasteiger partial charge in [-0.15, -0.1) is 0 Å². The average molecular weight is 356 g/mol. The number of benzene rings is 1. The number of carbonyl (C=O) groups is 1. The van der Waals surface area contributed by atoms with Crippen LogP contribution in [0.15, 0.2) is 36.4 Å². The number of amides is 1. The minimum Gasteiger partial charge on any atom is -0.390 e. The van der Waals surface area contributed by atoms with E-state index in [-0.39, 0.29) is 17.4 Å². The number of hydrogen-bond donors (Lipinski definition) is 3. The molecule has 2 atom stereocenters. The number of aromatic amines is 1. The molecule has 2 heterocycles. The first kappa shape index (κ1) is 18.6. The van der Waals surface area contributed by atoms with Crippen LogP contribution in [0.3, 0.4) is 0 Å². The van der Waals surface area contributed by atoms with E-state index < -0.39 is 6.10 Å². The maximum atomic E-state index is 12.3. The Morgan fingerprint density at radius 2 is 2.08 bits per heavy atom. The minimum atomic E-state index is -0.582. The molecule has 3 rings (SSSR count). The molecule has 1 aliphatic rings. The summed E-state index contributed by atoms with van der Waals surface area (Å²) >= 11 is 0. The van der Waals surface area contributed by atoms with E-state index in [0.29, 0.717) is 12.1 Å². The summed E-state index contributed by atoms with van der Waals surface area (Å²) in [5.74, 6) is -0.133. The highest BCUT2D eigenvalue weighted by Crippen LogP contribution is 2.21. The van der Waals surface area contributed by atoms with Gasteiger partial charge in [-0.3, -0.25) is 14.8 Å². The van der Waals surface area contributed by atoms with Crippen molar-refractivity contribution in [1.29, 1.82) is 0 Å². The number of β-amino-alcohol motifs (C(OH)–C–C–N with tert-alkyl or cyclic N) is 1. The number of nitrogens with one attached hydrogen (secondary N) is 2. The molecule has 1 aliphatic heterocycles. The summed E-state index contributed by atoms with van der Waals surface area (Å²) in [5.41, 5.74) is 2.73. The van der Waals surface area contributed by atoms with Crippen molar-refractivity contribution in [3.05, 3.63) is 53.3 Å². The van der Waals surface area contributed by atoms with E-state index in [2.05, 4.69) is 47.3 Å². The first-order valence-electron chi connectivity index (χ1n) is 9.14. The second kappa shape index (κ2) is 7.60. The van der Waals surface area contributed by atoms with Gasteiger partial charge in [0.1, 0.15) is 0 Å². The molecule has 0 aliphatic carbocycles. The Hall–Kier alpha value is -2.18. The maximum Gasteiger partial charge on any atom is 0.251 e. The van der Waals surface area contributed by atoms with E-state index in [0.717, 1.165) is 30.9 Å². The quantitative estimate of drug-likeness (QED) is 0.783. The van der Waals surface area contributed by atoms with Gasteiger partial charge in [-0.05, 0) is 24.6 Å². The van der Waals surface area contributed by atoms with Crippen LogP contribution >= 0.6 is 0 Å². The summed E-state index contributed by atoms with van der Waals surface area (Å²) in [5, 5.41) is 20.9. The molecule has 0 spiro atoms. The molecule has 6 heteroatoms. The van der Waals surface area contributed by atoms with Crippen LogP contribution in [-0.4, -0.2) is 51.3 Å². The number of aromatic nitrogens is 2. The molecule has 6 nitrogen and oxygen atoms in total. The van der Waals surface area contributed by atoms with Gasteiger partial charge in [0.15, 0.2) is 0 Å². The van der Waals surface area contributed by atoms with E-state index in [1.54, 1.807) is 12.1 Å². The highest BCUT2D eigenvalue weighted by Gasteiger charge is 2.29. The molecule has 2 aromatic rings. The van der Waals surface area contributed by atoms with Crippen molar-refractivity contribution in [3.8, 4) is 0 Å². The Balaban J connectivity index is 1.53. The highest BCUT2D eigenvalue weighted by atomic mass is 16.3. The number of hydrogen-bond acceptors (Lipinski definition) is 4. The summed E-state index contributed by atoms with van der Waals surface area (Å²) < 4.78 is 0. The van der Waals surface area contributed by atoms with Crippen LogP contribution in [0, 0.1) is 0 Å². The monoisotopic (exact) mass is 356 g/mol. The van der Waals surface area contributed by atoms with Crippen LogP contribution in [0.5, 0.6) is 0 Å². The van der Waals surface area contributed by atoms with Gasteiger partial charge in [-0.25, -0.2) is 0 Å². The van der Waals surface area contributed by atoms with Crippen LogP contribution in [0.4, 0.5) is 0 Å². The molecule has 0 radical (unpaired) electrons. The highest BCUT2D eigenvalue weighted by molar-refractivity contribution is 5.94. The number of piperidine rings is 1. The molecule has 26 heavy (non-hydrogen) atoms. The van der Waals surface area contributed by atoms with E-state index in [1.165, 1.54) is 0 Å². The van der Waals surface area contributed by atoms with Crippen molar-refractivity contribution in [2.75, 3.05) is 13.1 Å². The number of aliphatic hydroxyl groups excluding tert-OH is 1. The Morgan fingerprint density at radius 1 is 1.35 bits per heavy atom. The van der Waals surface area contributed by atoms with Crippen molar-refractivity contribution in [1.82, 2.24) is 20.4 Å². The number of aliphatic hydroxyl groups is 1. The van der Waals surface area contributed by atoms with Crippen LogP contribution in [0.25, 0.3) is 0 Å². The summed E-state index contributed by atoms with van der Waals surface area (Å²) in [6.45, 7) is 8.48. The molecule has 0 unspecified atom stereocenters. The summed E-state index contributed by atoms with van der Waals surface area (Å²) in [7, 11) is 0. The van der Waals surface area contributed by atoms with Crippen molar-refractivity contribution in [2.24, 2.45) is 0 Å². The molecule has 3 N–H and O–H groups in total. The van der Waals surface area contributed by atoms with Crippen molar-refractivity contribution in [3.63, 3.8) is 0 Å². The topological polar surface area (TPSA) is 81.3 Å². The molecular formula is C20H28N4O2. The van der Waals surface area contributed by atoms with Gasteiger partial charge < -0.3 is 10.4 Å². The lowest BCUT2D eigenvalue weighted by molar-refractivity contribution is 0.0345. The molecule has 1 aromatic heterocycles. The Kier molecular flexibility index (Phi) is 5.44. The molecule has 140 valence electrons. The van der Waals surface area contributed by atoms with E-state index in [9.17, 15) is 9.90 Å². The third-order valence-corrected chi connectivity index (χ3v) is 4.81. The maximum absolute atomic E-state index is 12.3. The fourth-order valence-electron chi connectivity index (χ4n) is 3.22. The first-order valence-corrected chi connectivity index (χ1v) is 9.14. The molecule has 1 aromatic carbocycles. The lowest BCUT2D eigenvalue weighted by atomic mass is 9.92. The number of likely N-dealkylation sites (tertiary alicyclic amines) is 1.